The molecule has 142 valence electrons. The van der Waals surface area contributed by atoms with Gasteiger partial charge in [-0.05, 0) is 60.2 Å². The molecule has 3 rings (SSSR count). The summed E-state index contributed by atoms with van der Waals surface area (Å²) in [4.78, 5) is 7.48. The second-order valence-corrected chi connectivity index (χ2v) is 8.35. The lowest BCUT2D eigenvalue weighted by atomic mass is 10.1. The normalized spacial score (nSPS) is 12.2. The summed E-state index contributed by atoms with van der Waals surface area (Å²) in [7, 11) is 0. The fourth-order valence-corrected chi connectivity index (χ4v) is 4.46. The van der Waals surface area contributed by atoms with Crippen molar-refractivity contribution < 1.29 is 0 Å². The van der Waals surface area contributed by atoms with Crippen LogP contribution in [0.25, 0.3) is 0 Å². The third-order valence-electron chi connectivity index (χ3n) is 4.10. The van der Waals surface area contributed by atoms with Gasteiger partial charge in [-0.1, -0.05) is 91.5 Å². The van der Waals surface area contributed by atoms with Crippen LogP contribution in [0, 0.1) is 0 Å². The maximum absolute atomic E-state index is 5.02. The standard InChI is InChI=1S/C25H25NS2/c1-2-3-13-21(20-27-23-16-9-5-10-17-23)25(26-22-14-7-4-8-15-22)28-24-18-11-6-12-19-24/h4-12,14-20H,2-3,13H2,1H3. The van der Waals surface area contributed by atoms with E-state index < -0.39 is 0 Å². The largest absolute Gasteiger partial charge is 0.241 e. The molecule has 0 unspecified atom stereocenters. The van der Waals surface area contributed by atoms with Gasteiger partial charge in [0.1, 0.15) is 5.04 Å². The fourth-order valence-electron chi connectivity index (χ4n) is 2.60. The Labute approximate surface area is 177 Å². The summed E-state index contributed by atoms with van der Waals surface area (Å²) in [6, 6.07) is 31.3. The summed E-state index contributed by atoms with van der Waals surface area (Å²) >= 11 is 3.52. The van der Waals surface area contributed by atoms with Crippen molar-refractivity contribution in [3.8, 4) is 0 Å². The van der Waals surface area contributed by atoms with Gasteiger partial charge in [-0.25, -0.2) is 4.99 Å². The molecule has 0 heterocycles. The second kappa shape index (κ2) is 11.6. The van der Waals surface area contributed by atoms with Crippen molar-refractivity contribution in [3.63, 3.8) is 0 Å². The van der Waals surface area contributed by atoms with Crippen molar-refractivity contribution in [2.45, 2.75) is 36.0 Å². The number of hydrogen-bond acceptors (Lipinski definition) is 3. The smallest absolute Gasteiger partial charge is 0.105 e. The molecule has 0 aliphatic rings. The number of nitrogens with zero attached hydrogens (tertiary/aromatic N) is 1. The van der Waals surface area contributed by atoms with Gasteiger partial charge in [0, 0.05) is 9.79 Å². The molecule has 0 aromatic heterocycles. The number of aliphatic imine (C=N–C) groups is 1. The number of thioether (sulfide) groups is 2. The van der Waals surface area contributed by atoms with Crippen LogP contribution in [0.2, 0.25) is 0 Å². The van der Waals surface area contributed by atoms with E-state index in [1.807, 2.05) is 18.2 Å². The highest BCUT2D eigenvalue weighted by molar-refractivity contribution is 8.14. The molecule has 0 atom stereocenters. The van der Waals surface area contributed by atoms with Gasteiger partial charge in [0.15, 0.2) is 0 Å². The maximum atomic E-state index is 5.02. The van der Waals surface area contributed by atoms with Gasteiger partial charge in [-0.2, -0.15) is 0 Å². The van der Waals surface area contributed by atoms with Crippen LogP contribution in [-0.2, 0) is 0 Å². The number of rotatable bonds is 8. The zero-order chi connectivity index (χ0) is 19.4. The van der Waals surface area contributed by atoms with Gasteiger partial charge in [-0.15, -0.1) is 0 Å². The Hall–Kier alpha value is -2.23. The Balaban J connectivity index is 1.93. The molecule has 0 radical (unpaired) electrons. The van der Waals surface area contributed by atoms with E-state index in [9.17, 15) is 0 Å². The van der Waals surface area contributed by atoms with Crippen LogP contribution in [-0.4, -0.2) is 5.04 Å². The van der Waals surface area contributed by atoms with Crippen molar-refractivity contribution >= 4 is 34.3 Å². The van der Waals surface area contributed by atoms with Crippen molar-refractivity contribution in [1.29, 1.82) is 0 Å². The van der Waals surface area contributed by atoms with Gasteiger partial charge in [0.05, 0.1) is 5.69 Å². The van der Waals surface area contributed by atoms with Crippen LogP contribution in [0.3, 0.4) is 0 Å². The Morgan fingerprint density at radius 2 is 1.36 bits per heavy atom. The van der Waals surface area contributed by atoms with Gasteiger partial charge in [0.25, 0.3) is 0 Å². The summed E-state index contributed by atoms with van der Waals surface area (Å²) in [6.07, 6.45) is 3.36. The molecule has 0 N–H and O–H groups in total. The van der Waals surface area contributed by atoms with E-state index in [0.717, 1.165) is 23.6 Å². The molecule has 0 saturated heterocycles. The van der Waals surface area contributed by atoms with Gasteiger partial charge in [-0.3, -0.25) is 0 Å². The van der Waals surface area contributed by atoms with Crippen LogP contribution in [0.1, 0.15) is 26.2 Å². The molecular formula is C25H25NS2. The topological polar surface area (TPSA) is 12.4 Å². The fraction of sp³-hybridized carbons (Fsp3) is 0.160. The Kier molecular flexibility index (Phi) is 8.48. The van der Waals surface area contributed by atoms with Crippen molar-refractivity contribution in [2.75, 3.05) is 0 Å². The van der Waals surface area contributed by atoms with Crippen molar-refractivity contribution in [1.82, 2.24) is 0 Å². The lowest BCUT2D eigenvalue weighted by Gasteiger charge is -2.12. The average Bonchev–Trinajstić information content (AvgIpc) is 2.76. The molecule has 28 heavy (non-hydrogen) atoms. The first-order chi connectivity index (χ1) is 13.8. The summed E-state index contributed by atoms with van der Waals surface area (Å²) in [5, 5.41) is 3.36. The highest BCUT2D eigenvalue weighted by atomic mass is 32.2. The Bertz CT molecular complexity index is 888. The van der Waals surface area contributed by atoms with Crippen LogP contribution < -0.4 is 0 Å². The minimum atomic E-state index is 0.994. The third-order valence-corrected chi connectivity index (χ3v) is 6.10. The molecule has 0 spiro atoms. The lowest BCUT2D eigenvalue weighted by Crippen LogP contribution is -1.98. The number of benzene rings is 3. The maximum Gasteiger partial charge on any atom is 0.105 e. The molecular weight excluding hydrogens is 378 g/mol. The molecule has 0 amide bonds. The SMILES string of the molecule is CCCCC(=CSc1ccccc1)C(=Nc1ccccc1)Sc1ccccc1. The molecule has 0 aliphatic carbocycles. The van der Waals surface area contributed by atoms with Crippen molar-refractivity contribution in [3.05, 3.63) is 102 Å². The molecule has 3 heteroatoms. The number of unbranched alkanes of at least 4 members (excludes halogenated alkanes) is 1. The highest BCUT2D eigenvalue weighted by Crippen LogP contribution is 2.31. The van der Waals surface area contributed by atoms with E-state index in [4.69, 9.17) is 4.99 Å². The summed E-state index contributed by atoms with van der Waals surface area (Å²) < 4.78 is 0. The zero-order valence-corrected chi connectivity index (χ0v) is 17.8. The molecule has 0 fully saturated rings. The molecule has 3 aromatic carbocycles. The first-order valence-corrected chi connectivity index (χ1v) is 11.3. The van der Waals surface area contributed by atoms with E-state index in [2.05, 4.69) is 85.1 Å². The second-order valence-electron chi connectivity index (χ2n) is 6.35. The summed E-state index contributed by atoms with van der Waals surface area (Å²) in [5.74, 6) is 0. The van der Waals surface area contributed by atoms with Crippen LogP contribution in [0.4, 0.5) is 5.69 Å². The highest BCUT2D eigenvalue weighted by Gasteiger charge is 2.11. The van der Waals surface area contributed by atoms with Crippen molar-refractivity contribution in [2.24, 2.45) is 4.99 Å². The predicted molar refractivity (Wildman–Crippen MR) is 126 cm³/mol. The molecule has 0 bridgehead atoms. The van der Waals surface area contributed by atoms with Crippen LogP contribution >= 0.6 is 23.5 Å². The first-order valence-electron chi connectivity index (χ1n) is 9.63. The molecule has 3 aromatic rings. The minimum absolute atomic E-state index is 0.994. The minimum Gasteiger partial charge on any atom is -0.241 e. The monoisotopic (exact) mass is 403 g/mol. The summed E-state index contributed by atoms with van der Waals surface area (Å²) in [6.45, 7) is 2.24. The van der Waals surface area contributed by atoms with E-state index in [1.165, 1.54) is 21.8 Å². The Morgan fingerprint density at radius 3 is 1.96 bits per heavy atom. The quantitative estimate of drug-likeness (QED) is 0.213. The van der Waals surface area contributed by atoms with E-state index in [1.54, 1.807) is 23.5 Å². The van der Waals surface area contributed by atoms with Gasteiger partial charge in [0.2, 0.25) is 0 Å². The van der Waals surface area contributed by atoms with Gasteiger partial charge >= 0.3 is 0 Å². The first kappa shape index (κ1) is 20.5. The van der Waals surface area contributed by atoms with Gasteiger partial charge < -0.3 is 0 Å². The predicted octanol–water partition coefficient (Wildman–Crippen LogP) is 8.38. The molecule has 0 aliphatic heterocycles. The van der Waals surface area contributed by atoms with Crippen LogP contribution in [0.15, 0.2) is 117 Å². The Morgan fingerprint density at radius 1 is 0.786 bits per heavy atom. The average molecular weight is 404 g/mol. The summed E-state index contributed by atoms with van der Waals surface area (Å²) in [5.41, 5.74) is 2.29. The molecule has 1 nitrogen and oxygen atoms in total. The van der Waals surface area contributed by atoms with E-state index in [-0.39, 0.29) is 0 Å². The number of hydrogen-bond donors (Lipinski definition) is 0. The lowest BCUT2D eigenvalue weighted by molar-refractivity contribution is 0.805. The van der Waals surface area contributed by atoms with E-state index in [0.29, 0.717) is 0 Å². The van der Waals surface area contributed by atoms with Crippen LogP contribution in [0.5, 0.6) is 0 Å². The molecule has 0 saturated carbocycles. The zero-order valence-electron chi connectivity index (χ0n) is 16.1. The van der Waals surface area contributed by atoms with E-state index >= 15 is 0 Å². The number of para-hydroxylation sites is 1. The third kappa shape index (κ3) is 6.74.